The van der Waals surface area contributed by atoms with Gasteiger partial charge < -0.3 is 28.8 Å². The second-order valence-electron chi connectivity index (χ2n) is 9.93. The topological polar surface area (TPSA) is 71.5 Å². The third kappa shape index (κ3) is 7.87. The Hall–Kier alpha value is -2.26. The van der Waals surface area contributed by atoms with E-state index in [1.54, 1.807) is 37.2 Å². The Labute approximate surface area is 218 Å². The highest BCUT2D eigenvalue weighted by atomic mass is 16.5. The van der Waals surface area contributed by atoms with E-state index in [1.165, 1.54) is 0 Å². The van der Waals surface area contributed by atoms with Gasteiger partial charge in [-0.2, -0.15) is 0 Å². The Morgan fingerprint density at radius 2 is 1.81 bits per heavy atom. The van der Waals surface area contributed by atoms with Crippen LogP contribution in [0.15, 0.2) is 18.2 Å². The predicted molar refractivity (Wildman–Crippen MR) is 143 cm³/mol. The van der Waals surface area contributed by atoms with Crippen molar-refractivity contribution >= 4 is 19.8 Å². The van der Waals surface area contributed by atoms with Gasteiger partial charge in [-0.25, -0.2) is 0 Å². The smallest absolute Gasteiger partial charge is 0.254 e. The zero-order valence-corrected chi connectivity index (χ0v) is 23.2. The summed E-state index contributed by atoms with van der Waals surface area (Å²) in [6.45, 7) is 12.4. The number of ether oxygens (including phenoxy) is 3. The van der Waals surface area contributed by atoms with Gasteiger partial charge in [0, 0.05) is 69.4 Å². The van der Waals surface area contributed by atoms with Crippen LogP contribution in [0.4, 0.5) is 0 Å². The number of carbonyl (C=O) groups is 2. The second-order valence-corrected chi connectivity index (χ2v) is 9.93. The maximum Gasteiger partial charge on any atom is 0.254 e. The molecular weight excluding hydrogens is 457 g/mol. The first-order valence-corrected chi connectivity index (χ1v) is 13.1. The Bertz CT molecular complexity index is 851. The number of carbonyl (C=O) groups excluding carboxylic acids is 2. The third-order valence-corrected chi connectivity index (χ3v) is 6.76. The van der Waals surface area contributed by atoms with Crippen LogP contribution >= 0.6 is 0 Å². The van der Waals surface area contributed by atoms with Crippen LogP contribution in [0.5, 0.6) is 11.5 Å². The largest absolute Gasteiger partial charge is 0.493 e. The zero-order valence-electron chi connectivity index (χ0n) is 23.2. The van der Waals surface area contributed by atoms with Gasteiger partial charge in [-0.1, -0.05) is 0 Å². The van der Waals surface area contributed by atoms with Gasteiger partial charge in [-0.05, 0) is 65.7 Å². The summed E-state index contributed by atoms with van der Waals surface area (Å²) in [5.74, 6) is 1.18. The van der Waals surface area contributed by atoms with E-state index in [2.05, 4.69) is 0 Å². The van der Waals surface area contributed by atoms with Gasteiger partial charge in [0.1, 0.15) is 0 Å². The molecule has 0 aromatic heterocycles. The van der Waals surface area contributed by atoms with Crippen LogP contribution in [0.1, 0.15) is 70.7 Å². The summed E-state index contributed by atoms with van der Waals surface area (Å²) >= 11 is 0. The van der Waals surface area contributed by atoms with Gasteiger partial charge in [0.15, 0.2) is 19.5 Å². The molecule has 2 amide bonds. The van der Waals surface area contributed by atoms with E-state index in [0.717, 1.165) is 19.3 Å². The summed E-state index contributed by atoms with van der Waals surface area (Å²) < 4.78 is 16.4. The molecule has 8 nitrogen and oxygen atoms in total. The molecule has 1 saturated heterocycles. The van der Waals surface area contributed by atoms with E-state index in [0.29, 0.717) is 49.8 Å². The third-order valence-electron chi connectivity index (χ3n) is 6.76. The lowest BCUT2D eigenvalue weighted by Crippen LogP contribution is -2.55. The van der Waals surface area contributed by atoms with Gasteiger partial charge in [-0.3, -0.25) is 9.59 Å². The van der Waals surface area contributed by atoms with E-state index in [9.17, 15) is 9.59 Å². The fourth-order valence-corrected chi connectivity index (χ4v) is 4.91. The van der Waals surface area contributed by atoms with Crippen molar-refractivity contribution < 1.29 is 23.8 Å². The van der Waals surface area contributed by atoms with Crippen molar-refractivity contribution in [1.29, 1.82) is 0 Å². The van der Waals surface area contributed by atoms with Crippen LogP contribution in [-0.4, -0.2) is 99.1 Å². The quantitative estimate of drug-likeness (QED) is 0.304. The summed E-state index contributed by atoms with van der Waals surface area (Å²) in [4.78, 5) is 32.0. The number of piperidine rings is 1. The maximum atomic E-state index is 13.7. The highest BCUT2D eigenvalue weighted by Crippen LogP contribution is 2.31. The fraction of sp³-hybridized carbons (Fsp3) is 0.704. The molecule has 0 saturated carbocycles. The van der Waals surface area contributed by atoms with Crippen molar-refractivity contribution in [1.82, 2.24) is 14.6 Å². The van der Waals surface area contributed by atoms with Gasteiger partial charge in [0.25, 0.3) is 5.91 Å². The SMILES string of the molecule is [B]N1CC(N(C(=O)c2ccc(OC)c(OCCCOC)c2)C(C)C)CC[C@H]1CC(=O)N(CC)C(C)C. The van der Waals surface area contributed by atoms with Crippen molar-refractivity contribution in [3.63, 3.8) is 0 Å². The number of hydrogen-bond donors (Lipinski definition) is 0. The normalized spacial score (nSPS) is 18.4. The standard InChI is InChI=1S/C27H44BN3O5/c1-8-29(19(2)3)26(32)17-22-11-12-23(18-30(22)28)31(20(4)5)27(33)21-10-13-24(35-7)25(16-21)36-15-9-14-34-6/h10,13,16,19-20,22-23H,8-9,11-12,14-15,17-18H2,1-7H3/t22-,23?/m0/s1. The molecule has 1 aliphatic rings. The number of methoxy groups -OCH3 is 2. The minimum atomic E-state index is -0.0701. The molecule has 0 bridgehead atoms. The predicted octanol–water partition coefficient (Wildman–Crippen LogP) is 3.52. The monoisotopic (exact) mass is 501 g/mol. The van der Waals surface area contributed by atoms with Crippen molar-refractivity contribution in [2.24, 2.45) is 0 Å². The van der Waals surface area contributed by atoms with Crippen molar-refractivity contribution in [3.8, 4) is 11.5 Å². The molecule has 1 aromatic carbocycles. The lowest BCUT2D eigenvalue weighted by atomic mass is 9.90. The van der Waals surface area contributed by atoms with Crippen molar-refractivity contribution in [2.45, 2.75) is 84.5 Å². The highest BCUT2D eigenvalue weighted by molar-refractivity contribution is 6.05. The van der Waals surface area contributed by atoms with Gasteiger partial charge in [0.05, 0.1) is 13.7 Å². The van der Waals surface area contributed by atoms with Gasteiger partial charge in [-0.15, -0.1) is 0 Å². The zero-order chi connectivity index (χ0) is 26.8. The molecular formula is C27H44BN3O5. The molecule has 36 heavy (non-hydrogen) atoms. The molecule has 2 rings (SSSR count). The fourth-order valence-electron chi connectivity index (χ4n) is 4.91. The van der Waals surface area contributed by atoms with E-state index >= 15 is 0 Å². The average Bonchev–Trinajstić information content (AvgIpc) is 2.83. The first-order valence-electron chi connectivity index (χ1n) is 13.1. The highest BCUT2D eigenvalue weighted by Gasteiger charge is 2.35. The van der Waals surface area contributed by atoms with E-state index < -0.39 is 0 Å². The Morgan fingerprint density at radius 1 is 1.08 bits per heavy atom. The molecule has 1 aliphatic heterocycles. The average molecular weight is 501 g/mol. The lowest BCUT2D eigenvalue weighted by molar-refractivity contribution is -0.134. The van der Waals surface area contributed by atoms with Gasteiger partial charge >= 0.3 is 0 Å². The molecule has 2 radical (unpaired) electrons. The molecule has 1 aromatic rings. The number of hydrogen-bond acceptors (Lipinski definition) is 6. The molecule has 1 fully saturated rings. The summed E-state index contributed by atoms with van der Waals surface area (Å²) in [5.41, 5.74) is 0.544. The van der Waals surface area contributed by atoms with Crippen LogP contribution < -0.4 is 9.47 Å². The van der Waals surface area contributed by atoms with Crippen LogP contribution in [0, 0.1) is 0 Å². The van der Waals surface area contributed by atoms with Crippen molar-refractivity contribution in [3.05, 3.63) is 23.8 Å². The molecule has 0 spiro atoms. The molecule has 1 heterocycles. The summed E-state index contributed by atoms with van der Waals surface area (Å²) in [5, 5.41) is 0. The summed E-state index contributed by atoms with van der Waals surface area (Å²) in [6, 6.07) is 5.36. The Morgan fingerprint density at radius 3 is 2.36 bits per heavy atom. The van der Waals surface area contributed by atoms with E-state index in [1.807, 2.05) is 44.4 Å². The first-order chi connectivity index (χ1) is 17.1. The molecule has 200 valence electrons. The Balaban J connectivity index is 2.12. The summed E-state index contributed by atoms with van der Waals surface area (Å²) in [7, 11) is 9.67. The Kier molecular flexibility index (Phi) is 12.1. The lowest BCUT2D eigenvalue weighted by Gasteiger charge is -2.44. The van der Waals surface area contributed by atoms with Crippen molar-refractivity contribution in [2.75, 3.05) is 40.5 Å². The first kappa shape index (κ1) is 30.0. The molecule has 9 heteroatoms. The number of nitrogens with zero attached hydrogens (tertiary/aromatic N) is 3. The van der Waals surface area contributed by atoms with Crippen LogP contribution in [0.25, 0.3) is 0 Å². The van der Waals surface area contributed by atoms with Crippen LogP contribution in [-0.2, 0) is 9.53 Å². The second kappa shape index (κ2) is 14.5. The van der Waals surface area contributed by atoms with E-state index in [4.69, 9.17) is 22.2 Å². The van der Waals surface area contributed by atoms with Gasteiger partial charge in [0.2, 0.25) is 5.91 Å². The molecule has 0 aliphatic carbocycles. The minimum Gasteiger partial charge on any atom is -0.493 e. The number of benzene rings is 1. The molecule has 1 unspecified atom stereocenters. The van der Waals surface area contributed by atoms with Crippen LogP contribution in [0.2, 0.25) is 0 Å². The number of rotatable bonds is 13. The number of amides is 2. The van der Waals surface area contributed by atoms with Crippen LogP contribution in [0.3, 0.4) is 0 Å². The minimum absolute atomic E-state index is 0.0150. The molecule has 0 N–H and O–H groups in total. The summed E-state index contributed by atoms with van der Waals surface area (Å²) in [6.07, 6.45) is 2.68. The van der Waals surface area contributed by atoms with E-state index in [-0.39, 0.29) is 36.0 Å². The molecule has 2 atom stereocenters. The maximum absolute atomic E-state index is 13.7.